The molecule has 0 atom stereocenters. The molecule has 1 nitrogen and oxygen atoms in total. The average Bonchev–Trinajstić information content (AvgIpc) is 2.50. The van der Waals surface area contributed by atoms with E-state index in [1.54, 1.807) is 6.92 Å². The molecule has 0 bridgehead atoms. The minimum atomic E-state index is 0.210. The lowest BCUT2D eigenvalue weighted by Gasteiger charge is -1.89. The molecule has 0 radical (unpaired) electrons. The fraction of sp³-hybridized carbons (Fsp3) is 0.625. The molecule has 1 aliphatic carbocycles. The van der Waals surface area contributed by atoms with Gasteiger partial charge in [0.2, 0.25) is 0 Å². The van der Waals surface area contributed by atoms with Gasteiger partial charge in [-0.2, -0.15) is 0 Å². The molecule has 0 N–H and O–H groups in total. The summed E-state index contributed by atoms with van der Waals surface area (Å²) < 4.78 is 0. The Labute approximate surface area is 55.8 Å². The lowest BCUT2D eigenvalue weighted by Crippen LogP contribution is -1.90. The molecule has 0 spiro atoms. The Bertz CT molecular complexity index is 152. The van der Waals surface area contributed by atoms with Crippen molar-refractivity contribution in [2.45, 2.75) is 26.7 Å². The summed E-state index contributed by atoms with van der Waals surface area (Å²) >= 11 is 0. The first kappa shape index (κ1) is 6.53. The van der Waals surface area contributed by atoms with Crippen LogP contribution in [0.4, 0.5) is 0 Å². The van der Waals surface area contributed by atoms with Crippen molar-refractivity contribution in [2.75, 3.05) is 0 Å². The van der Waals surface area contributed by atoms with E-state index in [2.05, 4.69) is 6.08 Å². The van der Waals surface area contributed by atoms with Crippen molar-refractivity contribution >= 4 is 5.78 Å². The number of ketones is 1. The monoisotopic (exact) mass is 124 g/mol. The Morgan fingerprint density at radius 3 is 2.33 bits per heavy atom. The van der Waals surface area contributed by atoms with Gasteiger partial charge in [0.25, 0.3) is 0 Å². The van der Waals surface area contributed by atoms with Gasteiger partial charge in [0, 0.05) is 0 Å². The van der Waals surface area contributed by atoms with Crippen LogP contribution in [0.5, 0.6) is 0 Å². The van der Waals surface area contributed by atoms with Crippen LogP contribution in [0.25, 0.3) is 0 Å². The zero-order valence-electron chi connectivity index (χ0n) is 5.98. The van der Waals surface area contributed by atoms with Gasteiger partial charge in [-0.05, 0) is 38.2 Å². The fourth-order valence-corrected chi connectivity index (χ4v) is 0.734. The Hall–Kier alpha value is -0.590. The Morgan fingerprint density at radius 2 is 2.00 bits per heavy atom. The first-order chi connectivity index (χ1) is 4.20. The molecule has 1 aliphatic rings. The van der Waals surface area contributed by atoms with E-state index in [1.807, 2.05) is 6.92 Å². The molecule has 1 saturated carbocycles. The van der Waals surface area contributed by atoms with E-state index in [1.165, 1.54) is 12.8 Å². The van der Waals surface area contributed by atoms with E-state index in [-0.39, 0.29) is 5.78 Å². The fourth-order valence-electron chi connectivity index (χ4n) is 0.734. The molecule has 1 fully saturated rings. The van der Waals surface area contributed by atoms with E-state index >= 15 is 0 Å². The summed E-state index contributed by atoms with van der Waals surface area (Å²) in [5, 5.41) is 0. The predicted molar refractivity (Wildman–Crippen MR) is 37.2 cm³/mol. The van der Waals surface area contributed by atoms with Crippen molar-refractivity contribution in [3.05, 3.63) is 11.6 Å². The number of carbonyl (C=O) groups is 1. The highest BCUT2D eigenvalue weighted by atomic mass is 16.1. The van der Waals surface area contributed by atoms with E-state index in [0.717, 1.165) is 11.5 Å². The van der Waals surface area contributed by atoms with Crippen LogP contribution >= 0.6 is 0 Å². The predicted octanol–water partition coefficient (Wildman–Crippen LogP) is 1.93. The minimum absolute atomic E-state index is 0.210. The van der Waals surface area contributed by atoms with Gasteiger partial charge in [-0.25, -0.2) is 0 Å². The van der Waals surface area contributed by atoms with Crippen LogP contribution < -0.4 is 0 Å². The van der Waals surface area contributed by atoms with Crippen molar-refractivity contribution < 1.29 is 4.79 Å². The number of hydrogen-bond donors (Lipinski definition) is 0. The summed E-state index contributed by atoms with van der Waals surface area (Å²) in [4.78, 5) is 10.6. The van der Waals surface area contributed by atoms with Gasteiger partial charge in [0.1, 0.15) is 0 Å². The summed E-state index contributed by atoms with van der Waals surface area (Å²) in [6.45, 7) is 3.51. The first-order valence-electron chi connectivity index (χ1n) is 3.39. The minimum Gasteiger partial charge on any atom is -0.295 e. The SMILES string of the molecule is CC(=O)/C(C)=C/C1CC1. The molecule has 1 heteroatoms. The van der Waals surface area contributed by atoms with Crippen molar-refractivity contribution in [2.24, 2.45) is 5.92 Å². The smallest absolute Gasteiger partial charge is 0.155 e. The van der Waals surface area contributed by atoms with Crippen LogP contribution in [0.15, 0.2) is 11.6 Å². The van der Waals surface area contributed by atoms with Gasteiger partial charge in [0.15, 0.2) is 5.78 Å². The molecule has 0 aliphatic heterocycles. The molecule has 0 aromatic heterocycles. The first-order valence-corrected chi connectivity index (χ1v) is 3.39. The van der Waals surface area contributed by atoms with Crippen LogP contribution in [0.1, 0.15) is 26.7 Å². The second kappa shape index (κ2) is 2.34. The molecule has 50 valence electrons. The number of rotatable bonds is 2. The quantitative estimate of drug-likeness (QED) is 0.514. The van der Waals surface area contributed by atoms with E-state index in [9.17, 15) is 4.79 Å². The number of allylic oxidation sites excluding steroid dienone is 2. The molecular weight excluding hydrogens is 112 g/mol. The van der Waals surface area contributed by atoms with Crippen molar-refractivity contribution in [1.82, 2.24) is 0 Å². The number of hydrogen-bond acceptors (Lipinski definition) is 1. The lowest BCUT2D eigenvalue weighted by molar-refractivity contribution is -0.113. The van der Waals surface area contributed by atoms with Crippen LogP contribution in [0.3, 0.4) is 0 Å². The highest BCUT2D eigenvalue weighted by molar-refractivity contribution is 5.92. The third kappa shape index (κ3) is 2.00. The van der Waals surface area contributed by atoms with Gasteiger partial charge >= 0.3 is 0 Å². The summed E-state index contributed by atoms with van der Waals surface area (Å²) in [6.07, 6.45) is 4.65. The van der Waals surface area contributed by atoms with Gasteiger partial charge in [0.05, 0.1) is 0 Å². The maximum Gasteiger partial charge on any atom is 0.155 e. The van der Waals surface area contributed by atoms with Gasteiger partial charge in [-0.1, -0.05) is 6.08 Å². The van der Waals surface area contributed by atoms with Crippen LogP contribution in [0, 0.1) is 5.92 Å². The van der Waals surface area contributed by atoms with Gasteiger partial charge in [-0.15, -0.1) is 0 Å². The Kier molecular flexibility index (Phi) is 1.70. The maximum absolute atomic E-state index is 10.6. The third-order valence-corrected chi connectivity index (χ3v) is 1.66. The lowest BCUT2D eigenvalue weighted by atomic mass is 10.2. The van der Waals surface area contributed by atoms with E-state index in [4.69, 9.17) is 0 Å². The molecule has 9 heavy (non-hydrogen) atoms. The summed E-state index contributed by atoms with van der Waals surface area (Å²) in [5.74, 6) is 0.941. The van der Waals surface area contributed by atoms with Crippen molar-refractivity contribution in [1.29, 1.82) is 0 Å². The normalized spacial score (nSPS) is 20.0. The molecule has 0 amide bonds. The summed E-state index contributed by atoms with van der Waals surface area (Å²) in [6, 6.07) is 0. The van der Waals surface area contributed by atoms with Crippen molar-refractivity contribution in [3.63, 3.8) is 0 Å². The zero-order valence-corrected chi connectivity index (χ0v) is 5.98. The molecule has 1 rings (SSSR count). The number of carbonyl (C=O) groups excluding carboxylic acids is 1. The Morgan fingerprint density at radius 1 is 1.44 bits per heavy atom. The maximum atomic E-state index is 10.6. The molecule has 0 saturated heterocycles. The zero-order chi connectivity index (χ0) is 6.85. The van der Waals surface area contributed by atoms with E-state index in [0.29, 0.717) is 0 Å². The topological polar surface area (TPSA) is 17.1 Å². The standard InChI is InChI=1S/C8H12O/c1-6(7(2)9)5-8-3-4-8/h5,8H,3-4H2,1-2H3/b6-5+. The molecule has 0 heterocycles. The molecular formula is C8H12O. The molecule has 0 aromatic carbocycles. The van der Waals surface area contributed by atoms with Gasteiger partial charge in [-0.3, -0.25) is 4.79 Å². The largest absolute Gasteiger partial charge is 0.295 e. The van der Waals surface area contributed by atoms with Gasteiger partial charge < -0.3 is 0 Å². The highest BCUT2D eigenvalue weighted by Gasteiger charge is 2.18. The second-order valence-corrected chi connectivity index (χ2v) is 2.74. The summed E-state index contributed by atoms with van der Waals surface area (Å²) in [5.41, 5.74) is 0.928. The average molecular weight is 124 g/mol. The highest BCUT2D eigenvalue weighted by Crippen LogP contribution is 2.31. The number of Topliss-reactive ketones (excluding diaryl/α,β-unsaturated/α-hetero) is 1. The van der Waals surface area contributed by atoms with Crippen LogP contribution in [-0.4, -0.2) is 5.78 Å². The Balaban J connectivity index is 2.46. The van der Waals surface area contributed by atoms with Crippen molar-refractivity contribution in [3.8, 4) is 0 Å². The second-order valence-electron chi connectivity index (χ2n) is 2.74. The van der Waals surface area contributed by atoms with E-state index < -0.39 is 0 Å². The molecule has 0 aromatic rings. The van der Waals surface area contributed by atoms with Crippen LogP contribution in [0.2, 0.25) is 0 Å². The van der Waals surface area contributed by atoms with Crippen LogP contribution in [-0.2, 0) is 4.79 Å². The summed E-state index contributed by atoms with van der Waals surface area (Å²) in [7, 11) is 0. The molecule has 0 unspecified atom stereocenters. The third-order valence-electron chi connectivity index (χ3n) is 1.66.